The van der Waals surface area contributed by atoms with Gasteiger partial charge in [-0.3, -0.25) is 57.9 Å². The maximum atomic E-state index is 13.4. The second kappa shape index (κ2) is 32.2. The average molecular weight is 1510 g/mol. The van der Waals surface area contributed by atoms with Crippen molar-refractivity contribution in [3.8, 4) is 0 Å². The number of para-hydroxylation sites is 3. The van der Waals surface area contributed by atoms with Crippen molar-refractivity contribution in [2.45, 2.75) is 52.7 Å². The van der Waals surface area contributed by atoms with Crippen molar-refractivity contribution in [2.24, 2.45) is 5.92 Å². The molecular formula is C74H80N12O17S3. The summed E-state index contributed by atoms with van der Waals surface area (Å²) in [7, 11) is -11.2. The van der Waals surface area contributed by atoms with Crippen LogP contribution >= 0.6 is 0 Å². The highest BCUT2D eigenvalue weighted by Gasteiger charge is 2.39. The second-order valence-corrected chi connectivity index (χ2v) is 31.8. The topological polar surface area (TPSA) is 374 Å². The van der Waals surface area contributed by atoms with E-state index in [1.165, 1.54) is 45.3 Å². The molecule has 3 aromatic heterocycles. The van der Waals surface area contributed by atoms with Gasteiger partial charge in [0.05, 0.1) is 75.7 Å². The van der Waals surface area contributed by atoms with Crippen LogP contribution in [0.15, 0.2) is 164 Å². The van der Waals surface area contributed by atoms with Crippen molar-refractivity contribution in [1.29, 1.82) is 0 Å². The first kappa shape index (κ1) is 77.1. The number of piperazine rings is 3. The highest BCUT2D eigenvalue weighted by molar-refractivity contribution is 7.92. The lowest BCUT2D eigenvalue weighted by molar-refractivity contribution is -0.130. The number of sulfonamides is 2. The van der Waals surface area contributed by atoms with Crippen LogP contribution < -0.4 is 14.8 Å². The van der Waals surface area contributed by atoms with Crippen molar-refractivity contribution >= 4 is 139 Å². The summed E-state index contributed by atoms with van der Waals surface area (Å²) < 4.78 is 82.5. The first-order chi connectivity index (χ1) is 50.2. The number of aromatic nitrogens is 3. The lowest BCUT2D eigenvalue weighted by Crippen LogP contribution is -2.56. The Morgan fingerprint density at radius 1 is 0.443 bits per heavy atom. The van der Waals surface area contributed by atoms with Crippen LogP contribution in [-0.4, -0.2) is 230 Å². The van der Waals surface area contributed by atoms with Crippen LogP contribution in [-0.2, 0) is 49.2 Å². The molecule has 6 aromatic carbocycles. The van der Waals surface area contributed by atoms with Gasteiger partial charge in [-0.2, -0.15) is 0 Å². The summed E-state index contributed by atoms with van der Waals surface area (Å²) in [4.78, 5) is 145. The molecule has 7 amide bonds. The largest absolute Gasteiger partial charge is 0.449 e. The molecule has 3 atom stereocenters. The Bertz CT molecular complexity index is 5260. The first-order valence-corrected chi connectivity index (χ1v) is 39.4. The van der Waals surface area contributed by atoms with Gasteiger partial charge >= 0.3 is 6.09 Å². The molecule has 0 bridgehead atoms. The summed E-state index contributed by atoms with van der Waals surface area (Å²) in [5.74, 6) is -4.55. The number of nitrogens with zero attached hydrogens (tertiary/aromatic N) is 7. The lowest BCUT2D eigenvalue weighted by atomic mass is 10.1. The minimum absolute atomic E-state index is 0.0432. The molecule has 3 saturated heterocycles. The Hall–Kier alpha value is -11.5. The Kier molecular flexibility index (Phi) is 23.5. The molecule has 29 nitrogen and oxygen atoms in total. The number of aromatic amines is 2. The van der Waals surface area contributed by atoms with E-state index in [0.717, 1.165) is 28.9 Å². The van der Waals surface area contributed by atoms with Gasteiger partial charge in [-0.15, -0.1) is 0 Å². The van der Waals surface area contributed by atoms with Crippen LogP contribution in [0.2, 0.25) is 0 Å². The van der Waals surface area contributed by atoms with Gasteiger partial charge in [0.1, 0.15) is 0 Å². The molecule has 5 N–H and O–H groups in total. The molecule has 0 saturated carbocycles. The zero-order valence-corrected chi connectivity index (χ0v) is 61.7. The highest BCUT2D eigenvalue weighted by atomic mass is 32.2. The van der Waals surface area contributed by atoms with Crippen LogP contribution in [0, 0.1) is 5.92 Å². The SMILES string of the molecule is CC(C)COC(=O)Nc1cccc2c(C(=O)C(=O)N3CCN(C(=O)c4ccccc4)C[C@H]3C)c[nH]c12.C[C@@H]1CN(C(=O)c2ccccc2)CCN1C(=O)C(=O)c1c[nH]c2c(NS(C)(=O)=O)cccc12.C[C@@H]1CN(C(=O)c2ccccc2)CCN1C(=O)C(=O)c1cn(S(C)(=O)=O)c2c(NS(C)(=O)=O)cccc12. The van der Waals surface area contributed by atoms with Gasteiger partial charge in [0.25, 0.3) is 52.8 Å². The number of rotatable bonds is 17. The number of anilines is 3. The van der Waals surface area contributed by atoms with Gasteiger partial charge in [-0.05, 0) is 81.3 Å². The number of carbonyl (C=O) groups is 10. The van der Waals surface area contributed by atoms with Crippen molar-refractivity contribution in [2.75, 3.05) is 99.0 Å². The molecule has 32 heteroatoms. The van der Waals surface area contributed by atoms with Gasteiger partial charge < -0.3 is 44.1 Å². The summed E-state index contributed by atoms with van der Waals surface area (Å²) in [5.41, 5.74) is 3.52. The number of ketones is 3. The van der Waals surface area contributed by atoms with E-state index in [0.29, 0.717) is 76.1 Å². The summed E-state index contributed by atoms with van der Waals surface area (Å²) >= 11 is 0. The average Bonchev–Trinajstić information content (AvgIpc) is 1.61. The molecule has 0 radical (unpaired) electrons. The predicted octanol–water partition coefficient (Wildman–Crippen LogP) is 7.40. The second-order valence-electron chi connectivity index (χ2n) is 26.4. The third-order valence-corrected chi connectivity index (χ3v) is 20.0. The Labute approximate surface area is 611 Å². The zero-order valence-electron chi connectivity index (χ0n) is 59.3. The van der Waals surface area contributed by atoms with Gasteiger partial charge in [0, 0.05) is 128 Å². The standard InChI is InChI=1S/C27H30N4O5.C24H26N4O7S2.C23H24N4O5S/c1-17(2)16-36-27(35)29-22-11-7-10-20-21(14-28-23(20)22)24(32)26(34)31-13-12-30(15-18(31)3)25(33)19-8-5-4-6-9-19;1-16-14-26(23(30)17-8-5-4-6-9-17)12-13-27(16)24(31)22(29)19-15-28(37(3,34)35)21-18(19)10-7-11-20(21)25-36(2,32)33;1-15-14-26(22(29)16-7-4-3-5-8-16)11-12-27(15)23(30)21(28)18-13-24-20-17(18)9-6-10-19(20)25-33(2,31)32/h4-11,14,17-18,28H,12-13,15-16H2,1-3H3,(H,29,35);4-11,15-16,25H,12-14H2,1-3H3;3-10,13,15,24-25H,11-12,14H2,1-2H3/t18-;16-;15-/m111/s1. The number of benzene rings is 6. The molecule has 3 fully saturated rings. The van der Waals surface area contributed by atoms with Crippen molar-refractivity contribution in [3.63, 3.8) is 0 Å². The maximum absolute atomic E-state index is 13.4. The Morgan fingerprint density at radius 2 is 0.792 bits per heavy atom. The zero-order chi connectivity index (χ0) is 76.7. The normalized spacial score (nSPS) is 16.3. The molecule has 3 aliphatic heterocycles. The predicted molar refractivity (Wildman–Crippen MR) is 399 cm³/mol. The quantitative estimate of drug-likeness (QED) is 0.0438. The van der Waals surface area contributed by atoms with E-state index >= 15 is 0 Å². The van der Waals surface area contributed by atoms with Crippen molar-refractivity contribution < 1.29 is 77.9 Å². The molecule has 106 heavy (non-hydrogen) atoms. The molecule has 0 unspecified atom stereocenters. The molecule has 0 spiro atoms. The fourth-order valence-corrected chi connectivity index (χ4v) is 14.8. The highest BCUT2D eigenvalue weighted by Crippen LogP contribution is 2.33. The number of hydrogen-bond donors (Lipinski definition) is 5. The number of amides is 7. The fourth-order valence-electron chi connectivity index (χ4n) is 12.8. The molecule has 12 rings (SSSR count). The fraction of sp³-hybridized carbons (Fsp3) is 0.297. The minimum atomic E-state index is -3.96. The number of carbonyl (C=O) groups excluding carboxylic acids is 10. The van der Waals surface area contributed by atoms with E-state index < -0.39 is 77.3 Å². The number of ether oxygens (including phenoxy) is 1. The number of fused-ring (bicyclic) bond motifs is 3. The van der Waals surface area contributed by atoms with Gasteiger partial charge in [0.15, 0.2) is 0 Å². The number of Topliss-reactive ketones (excluding diaryl/α,β-unsaturated/α-hetero) is 3. The molecule has 556 valence electrons. The van der Waals surface area contributed by atoms with Crippen LogP contribution in [0.3, 0.4) is 0 Å². The summed E-state index contributed by atoms with van der Waals surface area (Å²) in [6.45, 7) is 11.9. The molecule has 0 aliphatic carbocycles. The third-order valence-electron chi connectivity index (χ3n) is 17.9. The molecular weight excluding hydrogens is 1430 g/mol. The van der Waals surface area contributed by atoms with Crippen LogP contribution in [0.5, 0.6) is 0 Å². The molecule has 9 aromatic rings. The van der Waals surface area contributed by atoms with E-state index in [2.05, 4.69) is 24.7 Å². The van der Waals surface area contributed by atoms with Crippen molar-refractivity contribution in [1.82, 2.24) is 43.3 Å². The molecule has 6 heterocycles. The van der Waals surface area contributed by atoms with E-state index in [4.69, 9.17) is 4.74 Å². The van der Waals surface area contributed by atoms with Gasteiger partial charge in [-0.25, -0.2) is 34.0 Å². The summed E-state index contributed by atoms with van der Waals surface area (Å²) in [5, 5.41) is 3.78. The number of nitrogens with one attached hydrogen (secondary N) is 5. The van der Waals surface area contributed by atoms with Crippen LogP contribution in [0.1, 0.15) is 96.8 Å². The smallest absolute Gasteiger partial charge is 0.411 e. The maximum Gasteiger partial charge on any atom is 0.411 e. The summed E-state index contributed by atoms with van der Waals surface area (Å²) in [6, 6.07) is 39.8. The Balaban J connectivity index is 0.000000170. The lowest BCUT2D eigenvalue weighted by Gasteiger charge is -2.39. The third kappa shape index (κ3) is 17.8. The number of hydrogen-bond acceptors (Lipinski definition) is 17. The Morgan fingerprint density at radius 3 is 1.16 bits per heavy atom. The first-order valence-electron chi connectivity index (χ1n) is 33.7. The van der Waals surface area contributed by atoms with Crippen molar-refractivity contribution in [3.05, 3.63) is 198 Å². The minimum Gasteiger partial charge on any atom is -0.449 e. The van der Waals surface area contributed by atoms with E-state index in [9.17, 15) is 73.2 Å². The van der Waals surface area contributed by atoms with Gasteiger partial charge in [0.2, 0.25) is 30.1 Å². The van der Waals surface area contributed by atoms with E-state index in [1.807, 2.05) is 51.1 Å². The van der Waals surface area contributed by atoms with E-state index in [-0.39, 0.29) is 108 Å². The van der Waals surface area contributed by atoms with E-state index in [1.54, 1.807) is 126 Å². The summed E-state index contributed by atoms with van der Waals surface area (Å²) in [6.07, 6.45) is 6.20. The monoisotopic (exact) mass is 1500 g/mol. The van der Waals surface area contributed by atoms with Crippen LogP contribution in [0.4, 0.5) is 21.9 Å². The van der Waals surface area contributed by atoms with Crippen LogP contribution in [0.25, 0.3) is 32.7 Å². The van der Waals surface area contributed by atoms with Gasteiger partial charge in [-0.1, -0.05) is 105 Å². The molecule has 3 aliphatic rings. The number of H-pyrrole nitrogens is 2.